The minimum atomic E-state index is -0.939. The number of amides is 2. The first-order valence-corrected chi connectivity index (χ1v) is 7.44. The third-order valence-corrected chi connectivity index (χ3v) is 4.12. The van der Waals surface area contributed by atoms with Crippen molar-refractivity contribution < 1.29 is 19.1 Å². The van der Waals surface area contributed by atoms with Gasteiger partial charge in [-0.25, -0.2) is 4.79 Å². The Bertz CT molecular complexity index is 715. The van der Waals surface area contributed by atoms with Crippen LogP contribution in [0.25, 0.3) is 0 Å². The van der Waals surface area contributed by atoms with Crippen LogP contribution in [0.4, 0.5) is 5.69 Å². The number of hydrogen-bond donors (Lipinski definition) is 2. The number of ether oxygens (including phenoxy) is 1. The molecule has 8 heteroatoms. The predicted molar refractivity (Wildman–Crippen MR) is 86.1 cm³/mol. The molecule has 0 fully saturated rings. The predicted octanol–water partition coefficient (Wildman–Crippen LogP) is 2.51. The monoisotopic (exact) mass is 356 g/mol. The SMILES string of the molecule is COC(=O)C1=C(C)NC(=O)CC1C(=O)Nc1ccc(Cl)c(Cl)c1. The van der Waals surface area contributed by atoms with Crippen molar-refractivity contribution in [3.8, 4) is 0 Å². The van der Waals surface area contributed by atoms with Crippen LogP contribution >= 0.6 is 23.2 Å². The van der Waals surface area contributed by atoms with Crippen molar-refractivity contribution in [1.82, 2.24) is 5.32 Å². The number of halogens is 2. The molecular weight excluding hydrogens is 343 g/mol. The first-order chi connectivity index (χ1) is 10.8. The highest BCUT2D eigenvalue weighted by molar-refractivity contribution is 6.42. The molecule has 1 aromatic carbocycles. The van der Waals surface area contributed by atoms with E-state index in [9.17, 15) is 14.4 Å². The van der Waals surface area contributed by atoms with Gasteiger partial charge < -0.3 is 15.4 Å². The second-order valence-electron chi connectivity index (χ2n) is 4.95. The van der Waals surface area contributed by atoms with Crippen LogP contribution in [0.1, 0.15) is 13.3 Å². The van der Waals surface area contributed by atoms with Gasteiger partial charge in [0.1, 0.15) is 0 Å². The lowest BCUT2D eigenvalue weighted by Crippen LogP contribution is -2.40. The molecule has 1 atom stereocenters. The van der Waals surface area contributed by atoms with Crippen LogP contribution in [-0.4, -0.2) is 24.9 Å². The van der Waals surface area contributed by atoms with E-state index in [1.807, 2.05) is 0 Å². The molecule has 2 amide bonds. The lowest BCUT2D eigenvalue weighted by atomic mass is 9.89. The third-order valence-electron chi connectivity index (χ3n) is 3.38. The highest BCUT2D eigenvalue weighted by Gasteiger charge is 2.36. The van der Waals surface area contributed by atoms with Gasteiger partial charge in [0.05, 0.1) is 28.6 Å². The van der Waals surface area contributed by atoms with Crippen LogP contribution in [0.15, 0.2) is 29.5 Å². The van der Waals surface area contributed by atoms with Crippen molar-refractivity contribution in [2.45, 2.75) is 13.3 Å². The molecule has 0 radical (unpaired) electrons. The number of carbonyl (C=O) groups is 3. The molecule has 0 spiro atoms. The van der Waals surface area contributed by atoms with E-state index in [4.69, 9.17) is 27.9 Å². The maximum atomic E-state index is 12.5. The van der Waals surface area contributed by atoms with E-state index in [2.05, 4.69) is 10.6 Å². The molecule has 0 saturated carbocycles. The number of nitrogens with one attached hydrogen (secondary N) is 2. The Morgan fingerprint density at radius 3 is 2.61 bits per heavy atom. The van der Waals surface area contributed by atoms with Gasteiger partial charge in [0.2, 0.25) is 11.8 Å². The summed E-state index contributed by atoms with van der Waals surface area (Å²) < 4.78 is 4.69. The topological polar surface area (TPSA) is 84.5 Å². The summed E-state index contributed by atoms with van der Waals surface area (Å²) in [5.41, 5.74) is 0.851. The molecule has 122 valence electrons. The van der Waals surface area contributed by atoms with Gasteiger partial charge >= 0.3 is 5.97 Å². The number of allylic oxidation sites excluding steroid dienone is 1. The van der Waals surface area contributed by atoms with Crippen LogP contribution < -0.4 is 10.6 Å². The first kappa shape index (κ1) is 17.3. The number of anilines is 1. The maximum absolute atomic E-state index is 12.5. The largest absolute Gasteiger partial charge is 0.466 e. The third kappa shape index (κ3) is 3.83. The zero-order valence-electron chi connectivity index (χ0n) is 12.4. The minimum absolute atomic E-state index is 0.129. The van der Waals surface area contributed by atoms with Crippen LogP contribution in [0, 0.1) is 5.92 Å². The van der Waals surface area contributed by atoms with Crippen molar-refractivity contribution >= 4 is 46.7 Å². The average Bonchev–Trinajstić information content (AvgIpc) is 2.49. The molecule has 0 aliphatic carbocycles. The molecule has 0 bridgehead atoms. The summed E-state index contributed by atoms with van der Waals surface area (Å²) in [5, 5.41) is 5.79. The van der Waals surface area contributed by atoms with Gasteiger partial charge in [-0.2, -0.15) is 0 Å². The van der Waals surface area contributed by atoms with E-state index < -0.39 is 17.8 Å². The van der Waals surface area contributed by atoms with E-state index >= 15 is 0 Å². The molecule has 1 heterocycles. The Balaban J connectivity index is 2.28. The molecule has 6 nitrogen and oxygen atoms in total. The number of rotatable bonds is 3. The smallest absolute Gasteiger partial charge is 0.336 e. The molecular formula is C15H14Cl2N2O4. The lowest BCUT2D eigenvalue weighted by molar-refractivity contribution is -0.139. The second kappa shape index (κ2) is 7.02. The fourth-order valence-electron chi connectivity index (χ4n) is 2.31. The Hall–Kier alpha value is -2.05. The van der Waals surface area contributed by atoms with Gasteiger partial charge in [-0.3, -0.25) is 9.59 Å². The Kier molecular flexibility index (Phi) is 5.28. The molecule has 0 aromatic heterocycles. The lowest BCUT2D eigenvalue weighted by Gasteiger charge is -2.25. The second-order valence-corrected chi connectivity index (χ2v) is 5.77. The summed E-state index contributed by atoms with van der Waals surface area (Å²) in [6, 6.07) is 4.60. The molecule has 1 aliphatic heterocycles. The van der Waals surface area contributed by atoms with E-state index in [-0.39, 0.29) is 22.9 Å². The van der Waals surface area contributed by atoms with Crippen molar-refractivity contribution in [2.75, 3.05) is 12.4 Å². The van der Waals surface area contributed by atoms with Crippen molar-refractivity contribution in [3.05, 3.63) is 39.5 Å². The fraction of sp³-hybridized carbons (Fsp3) is 0.267. The van der Waals surface area contributed by atoms with Crippen LogP contribution in [-0.2, 0) is 19.1 Å². The van der Waals surface area contributed by atoms with E-state index in [1.165, 1.54) is 19.2 Å². The summed E-state index contributed by atoms with van der Waals surface area (Å²) in [6.45, 7) is 1.54. The zero-order valence-corrected chi connectivity index (χ0v) is 13.9. The van der Waals surface area contributed by atoms with Gasteiger partial charge in [-0.1, -0.05) is 23.2 Å². The zero-order chi connectivity index (χ0) is 17.1. The van der Waals surface area contributed by atoms with Crippen LogP contribution in [0.3, 0.4) is 0 Å². The van der Waals surface area contributed by atoms with E-state index in [1.54, 1.807) is 13.0 Å². The van der Waals surface area contributed by atoms with Gasteiger partial charge in [-0.05, 0) is 25.1 Å². The summed E-state index contributed by atoms with van der Waals surface area (Å²) >= 11 is 11.7. The normalized spacial score (nSPS) is 17.6. The average molecular weight is 357 g/mol. The molecule has 1 aliphatic rings. The van der Waals surface area contributed by atoms with Crippen LogP contribution in [0.5, 0.6) is 0 Å². The van der Waals surface area contributed by atoms with Crippen molar-refractivity contribution in [2.24, 2.45) is 5.92 Å². The van der Waals surface area contributed by atoms with E-state index in [0.717, 1.165) is 0 Å². The first-order valence-electron chi connectivity index (χ1n) is 6.68. The highest BCUT2D eigenvalue weighted by Crippen LogP contribution is 2.28. The fourth-order valence-corrected chi connectivity index (χ4v) is 2.61. The number of carbonyl (C=O) groups excluding carboxylic acids is 3. The standard InChI is InChI=1S/C15H14Cl2N2O4/c1-7-13(15(22)23-2)9(6-12(20)18-7)14(21)19-8-3-4-10(16)11(17)5-8/h3-5,9H,6H2,1-2H3,(H,18,20)(H,19,21). The van der Waals surface area contributed by atoms with Gasteiger partial charge in [0, 0.05) is 17.8 Å². The van der Waals surface area contributed by atoms with Crippen molar-refractivity contribution in [3.63, 3.8) is 0 Å². The molecule has 2 rings (SSSR count). The van der Waals surface area contributed by atoms with Gasteiger partial charge in [0.25, 0.3) is 0 Å². The highest BCUT2D eigenvalue weighted by atomic mass is 35.5. The summed E-state index contributed by atoms with van der Waals surface area (Å²) in [6.07, 6.45) is -0.144. The Morgan fingerprint density at radius 1 is 1.30 bits per heavy atom. The minimum Gasteiger partial charge on any atom is -0.466 e. The van der Waals surface area contributed by atoms with Gasteiger partial charge in [-0.15, -0.1) is 0 Å². The van der Waals surface area contributed by atoms with E-state index in [0.29, 0.717) is 16.4 Å². The number of benzene rings is 1. The van der Waals surface area contributed by atoms with Gasteiger partial charge in [0.15, 0.2) is 0 Å². The number of esters is 1. The van der Waals surface area contributed by atoms with Crippen molar-refractivity contribution in [1.29, 1.82) is 0 Å². The number of hydrogen-bond acceptors (Lipinski definition) is 4. The Morgan fingerprint density at radius 2 is 2.00 bits per heavy atom. The quantitative estimate of drug-likeness (QED) is 0.815. The van der Waals surface area contributed by atoms with Crippen LogP contribution in [0.2, 0.25) is 10.0 Å². The maximum Gasteiger partial charge on any atom is 0.336 e. The summed E-state index contributed by atoms with van der Waals surface area (Å²) in [7, 11) is 1.22. The summed E-state index contributed by atoms with van der Waals surface area (Å²) in [4.78, 5) is 36.1. The Labute approximate surface area is 142 Å². The molecule has 0 saturated heterocycles. The molecule has 1 unspecified atom stereocenters. The molecule has 23 heavy (non-hydrogen) atoms. The summed E-state index contributed by atoms with van der Waals surface area (Å²) in [5.74, 6) is -2.44. The number of methoxy groups -OCH3 is 1. The molecule has 2 N–H and O–H groups in total. The molecule has 1 aromatic rings.